The van der Waals surface area contributed by atoms with Crippen molar-refractivity contribution in [3.8, 4) is 22.9 Å². The third kappa shape index (κ3) is 7.11. The lowest BCUT2D eigenvalue weighted by Gasteiger charge is -2.37. The van der Waals surface area contributed by atoms with Crippen LogP contribution < -0.4 is 10.1 Å². The molecule has 51 heavy (non-hydrogen) atoms. The van der Waals surface area contributed by atoms with Crippen molar-refractivity contribution in [1.82, 2.24) is 34.5 Å². The van der Waals surface area contributed by atoms with Gasteiger partial charge in [-0.1, -0.05) is 24.2 Å². The SMILES string of the molecule is CCC1c2cc(Oc3c(F)cnn4cc(-c5noc(CO)n5)cc34)ccc2CCN1C(=O)Nc1ccc(CN2CCN(C)CC2)c(C(F)(F)F)c1. The number of likely N-dealkylation sites (N-methyl/N-ethyl adjacent to an activating group) is 1. The fraction of sp³-hybridized carbons (Fsp3) is 0.371. The number of nitrogens with one attached hydrogen (secondary N) is 1. The summed E-state index contributed by atoms with van der Waals surface area (Å²) in [6, 6.07) is 9.96. The van der Waals surface area contributed by atoms with E-state index in [-0.39, 0.29) is 35.3 Å². The second kappa shape index (κ2) is 13.9. The summed E-state index contributed by atoms with van der Waals surface area (Å²) in [5.41, 5.74) is 1.99. The first-order chi connectivity index (χ1) is 24.5. The molecule has 2 amide bonds. The number of carbonyl (C=O) groups is 1. The van der Waals surface area contributed by atoms with E-state index in [1.165, 1.54) is 16.6 Å². The molecule has 1 fully saturated rings. The molecule has 0 radical (unpaired) electrons. The third-order valence-corrected chi connectivity index (χ3v) is 9.41. The fourth-order valence-electron chi connectivity index (χ4n) is 6.71. The molecule has 5 heterocycles. The molecular weight excluding hydrogens is 672 g/mol. The number of amides is 2. The number of anilines is 1. The first kappa shape index (κ1) is 34.4. The molecule has 2 aliphatic heterocycles. The van der Waals surface area contributed by atoms with Gasteiger partial charge in [-0.05, 0) is 66.9 Å². The summed E-state index contributed by atoms with van der Waals surface area (Å²) in [5.74, 6) is -0.284. The maximum Gasteiger partial charge on any atom is 0.416 e. The van der Waals surface area contributed by atoms with Gasteiger partial charge in [-0.2, -0.15) is 23.3 Å². The Kier molecular flexibility index (Phi) is 9.39. The highest BCUT2D eigenvalue weighted by molar-refractivity contribution is 5.90. The summed E-state index contributed by atoms with van der Waals surface area (Å²) in [6.45, 7) is 4.94. The van der Waals surface area contributed by atoms with Crippen molar-refractivity contribution < 1.29 is 36.7 Å². The Morgan fingerprint density at radius 2 is 1.90 bits per heavy atom. The van der Waals surface area contributed by atoms with E-state index >= 15 is 4.39 Å². The van der Waals surface area contributed by atoms with Crippen molar-refractivity contribution in [3.05, 3.63) is 88.8 Å². The zero-order chi connectivity index (χ0) is 35.9. The summed E-state index contributed by atoms with van der Waals surface area (Å²) >= 11 is 0. The monoisotopic (exact) mass is 708 g/mol. The molecule has 2 aliphatic rings. The largest absolute Gasteiger partial charge is 0.452 e. The van der Waals surface area contributed by atoms with E-state index in [0.29, 0.717) is 49.3 Å². The molecule has 5 aromatic rings. The van der Waals surface area contributed by atoms with E-state index in [1.807, 2.05) is 24.9 Å². The van der Waals surface area contributed by atoms with Crippen LogP contribution in [0.4, 0.5) is 28.0 Å². The molecule has 2 N–H and O–H groups in total. The van der Waals surface area contributed by atoms with Gasteiger partial charge in [0, 0.05) is 56.7 Å². The van der Waals surface area contributed by atoms with E-state index in [9.17, 15) is 23.1 Å². The molecule has 0 spiro atoms. The number of carbonyl (C=O) groups excluding carboxylic acids is 1. The Morgan fingerprint density at radius 1 is 1.10 bits per heavy atom. The van der Waals surface area contributed by atoms with E-state index in [1.54, 1.807) is 29.3 Å². The maximum atomic E-state index is 15.2. The van der Waals surface area contributed by atoms with Gasteiger partial charge < -0.3 is 29.5 Å². The van der Waals surface area contributed by atoms with Gasteiger partial charge >= 0.3 is 12.2 Å². The molecule has 268 valence electrons. The van der Waals surface area contributed by atoms with Crippen molar-refractivity contribution >= 4 is 17.2 Å². The number of hydrogen-bond donors (Lipinski definition) is 2. The number of aromatic nitrogens is 4. The highest BCUT2D eigenvalue weighted by atomic mass is 19.4. The molecule has 0 saturated carbocycles. The standard InChI is InChI=1S/C35H36F4N8O4/c1-3-29-26-16-25(50-32-28(36)17-40-47-19-23(14-30(32)47)33-42-31(20-48)51-43-33)7-5-21(26)8-9-46(29)34(49)41-24-6-4-22(27(15-24)35(37,38)39)18-45-12-10-44(2)11-13-45/h4-7,14-17,19,29,48H,3,8-13,18,20H2,1-2H3,(H,41,49). The number of alkyl halides is 3. The first-order valence-corrected chi connectivity index (χ1v) is 16.6. The molecule has 1 unspecified atom stereocenters. The van der Waals surface area contributed by atoms with Gasteiger partial charge in [-0.25, -0.2) is 13.7 Å². The van der Waals surface area contributed by atoms with E-state index in [0.717, 1.165) is 36.5 Å². The number of aliphatic hydroxyl groups excluding tert-OH is 1. The zero-order valence-electron chi connectivity index (χ0n) is 28.0. The number of piperazine rings is 1. The van der Waals surface area contributed by atoms with Gasteiger partial charge in [-0.3, -0.25) is 4.90 Å². The Bertz CT molecular complexity index is 2060. The number of nitrogens with zero attached hydrogens (tertiary/aromatic N) is 7. The Hall–Kier alpha value is -5.06. The van der Waals surface area contributed by atoms with Crippen molar-refractivity contribution in [2.45, 2.75) is 45.1 Å². The van der Waals surface area contributed by atoms with Gasteiger partial charge in [0.2, 0.25) is 5.82 Å². The second-order valence-corrected chi connectivity index (χ2v) is 12.8. The number of hydrogen-bond acceptors (Lipinski definition) is 9. The number of aliphatic hydroxyl groups is 1. The molecular formula is C35H36F4N8O4. The van der Waals surface area contributed by atoms with Crippen LogP contribution >= 0.6 is 0 Å². The molecule has 16 heteroatoms. The average molecular weight is 709 g/mol. The minimum Gasteiger partial charge on any atom is -0.452 e. The van der Waals surface area contributed by atoms with Crippen LogP contribution in [0.15, 0.2) is 59.4 Å². The molecule has 1 atom stereocenters. The Labute approximate surface area is 290 Å². The van der Waals surface area contributed by atoms with Crippen LogP contribution in [0.3, 0.4) is 0 Å². The molecule has 12 nitrogen and oxygen atoms in total. The zero-order valence-corrected chi connectivity index (χ0v) is 28.0. The van der Waals surface area contributed by atoms with Gasteiger partial charge in [0.1, 0.15) is 17.9 Å². The van der Waals surface area contributed by atoms with Gasteiger partial charge in [0.25, 0.3) is 5.89 Å². The number of urea groups is 1. The molecule has 7 rings (SSSR count). The van der Waals surface area contributed by atoms with Crippen LogP contribution in [-0.2, 0) is 25.7 Å². The van der Waals surface area contributed by atoms with Crippen LogP contribution in [0.5, 0.6) is 11.5 Å². The topological polar surface area (TPSA) is 124 Å². The van der Waals surface area contributed by atoms with Gasteiger partial charge in [0.15, 0.2) is 11.6 Å². The van der Waals surface area contributed by atoms with E-state index in [4.69, 9.17) is 9.26 Å². The molecule has 3 aromatic heterocycles. The van der Waals surface area contributed by atoms with Crippen molar-refractivity contribution in [3.63, 3.8) is 0 Å². The minimum atomic E-state index is -4.59. The number of halogens is 4. The lowest BCUT2D eigenvalue weighted by atomic mass is 9.91. The quantitative estimate of drug-likeness (QED) is 0.184. The van der Waals surface area contributed by atoms with Crippen LogP contribution in [0.1, 0.15) is 47.5 Å². The predicted octanol–water partition coefficient (Wildman–Crippen LogP) is 6.12. The number of ether oxygens (including phenoxy) is 1. The summed E-state index contributed by atoms with van der Waals surface area (Å²) in [6.07, 6.45) is -0.980. The van der Waals surface area contributed by atoms with Crippen LogP contribution in [-0.4, -0.2) is 85.4 Å². The third-order valence-electron chi connectivity index (χ3n) is 9.41. The molecule has 1 saturated heterocycles. The average Bonchev–Trinajstić information content (AvgIpc) is 3.78. The van der Waals surface area contributed by atoms with E-state index in [2.05, 4.69) is 25.5 Å². The normalized spacial score (nSPS) is 17.2. The summed E-state index contributed by atoms with van der Waals surface area (Å²) < 4.78 is 70.3. The lowest BCUT2D eigenvalue weighted by molar-refractivity contribution is -0.138. The molecule has 0 aliphatic carbocycles. The second-order valence-electron chi connectivity index (χ2n) is 12.8. The number of rotatable bonds is 8. The highest BCUT2D eigenvalue weighted by Crippen LogP contribution is 2.39. The van der Waals surface area contributed by atoms with Gasteiger partial charge in [0.05, 0.1) is 17.8 Å². The molecule has 0 bridgehead atoms. The van der Waals surface area contributed by atoms with Crippen LogP contribution in [0, 0.1) is 5.82 Å². The highest BCUT2D eigenvalue weighted by Gasteiger charge is 2.35. The fourth-order valence-corrected chi connectivity index (χ4v) is 6.71. The smallest absolute Gasteiger partial charge is 0.416 e. The van der Waals surface area contributed by atoms with Crippen molar-refractivity contribution in [2.75, 3.05) is 45.1 Å². The summed E-state index contributed by atoms with van der Waals surface area (Å²) in [4.78, 5) is 23.5. The summed E-state index contributed by atoms with van der Waals surface area (Å²) in [7, 11) is 1.99. The Balaban J connectivity index is 1.10. The van der Waals surface area contributed by atoms with Crippen molar-refractivity contribution in [1.29, 1.82) is 0 Å². The summed E-state index contributed by atoms with van der Waals surface area (Å²) in [5, 5.41) is 19.9. The molecule has 2 aromatic carbocycles. The maximum absolute atomic E-state index is 15.2. The lowest BCUT2D eigenvalue weighted by Crippen LogP contribution is -2.44. The van der Waals surface area contributed by atoms with E-state index < -0.39 is 36.2 Å². The number of fused-ring (bicyclic) bond motifs is 2. The van der Waals surface area contributed by atoms with Gasteiger partial charge in [-0.15, -0.1) is 0 Å². The minimum absolute atomic E-state index is 0.0267. The van der Waals surface area contributed by atoms with Crippen LogP contribution in [0.25, 0.3) is 16.9 Å². The number of benzene rings is 2. The predicted molar refractivity (Wildman–Crippen MR) is 178 cm³/mol. The van der Waals surface area contributed by atoms with Crippen LogP contribution in [0.2, 0.25) is 0 Å². The van der Waals surface area contributed by atoms with Crippen molar-refractivity contribution in [2.24, 2.45) is 0 Å². The Morgan fingerprint density at radius 3 is 2.63 bits per heavy atom. The first-order valence-electron chi connectivity index (χ1n) is 16.6.